The molecule has 0 aromatic carbocycles. The Balaban J connectivity index is 3.32. The first kappa shape index (κ1) is 10.4. The van der Waals surface area contributed by atoms with Gasteiger partial charge in [0.25, 0.3) is 5.91 Å². The molecule has 0 aliphatic rings. The van der Waals surface area contributed by atoms with Crippen LogP contribution in [0.4, 0.5) is 5.95 Å². The van der Waals surface area contributed by atoms with E-state index in [9.17, 15) is 4.79 Å². The maximum Gasteiger partial charge on any atom is 0.268 e. The summed E-state index contributed by atoms with van der Waals surface area (Å²) in [6.07, 6.45) is 0.607. The van der Waals surface area contributed by atoms with Gasteiger partial charge in [0.05, 0.1) is 17.0 Å². The van der Waals surface area contributed by atoms with Crippen molar-refractivity contribution in [3.05, 3.63) is 17.0 Å². The van der Waals surface area contributed by atoms with Gasteiger partial charge in [-0.2, -0.15) is 0 Å². The number of aryl methyl sites for hydroxylation is 2. The molecule has 5 N–H and O–H groups in total. The lowest BCUT2D eigenvalue weighted by molar-refractivity contribution is 0.0951. The van der Waals surface area contributed by atoms with Crippen molar-refractivity contribution in [2.24, 2.45) is 5.84 Å². The van der Waals surface area contributed by atoms with Crippen LogP contribution in [0.5, 0.6) is 0 Å². The number of nitrogen functional groups attached to an aromatic ring is 2. The summed E-state index contributed by atoms with van der Waals surface area (Å²) in [5.41, 5.74) is 9.07. The van der Waals surface area contributed by atoms with Gasteiger partial charge < -0.3 is 5.73 Å². The Morgan fingerprint density at radius 3 is 2.64 bits per heavy atom. The molecule has 0 bridgehead atoms. The predicted octanol–water partition coefficient (Wildman–Crippen LogP) is -0.467. The Morgan fingerprint density at radius 2 is 2.14 bits per heavy atom. The standard InChI is InChI=1S/C8H13N5O/c1-3-5-6(7(14)13-10)4(2)11-8(9)12-5/h3,10H2,1-2H3,(H,13,14)(H2,9,11,12). The van der Waals surface area contributed by atoms with Crippen molar-refractivity contribution in [2.45, 2.75) is 20.3 Å². The average molecular weight is 195 g/mol. The zero-order valence-electron chi connectivity index (χ0n) is 8.16. The summed E-state index contributed by atoms with van der Waals surface area (Å²) in [5, 5.41) is 0. The third-order valence-corrected chi connectivity index (χ3v) is 1.88. The number of nitrogens with two attached hydrogens (primary N) is 2. The lowest BCUT2D eigenvalue weighted by Gasteiger charge is -2.08. The topological polar surface area (TPSA) is 107 Å². The van der Waals surface area contributed by atoms with E-state index >= 15 is 0 Å². The van der Waals surface area contributed by atoms with E-state index in [1.807, 2.05) is 6.92 Å². The summed E-state index contributed by atoms with van der Waals surface area (Å²) in [6, 6.07) is 0. The van der Waals surface area contributed by atoms with E-state index in [4.69, 9.17) is 11.6 Å². The second-order valence-corrected chi connectivity index (χ2v) is 2.82. The zero-order chi connectivity index (χ0) is 10.7. The quantitative estimate of drug-likeness (QED) is 0.336. The van der Waals surface area contributed by atoms with Crippen molar-refractivity contribution in [3.8, 4) is 0 Å². The number of carbonyl (C=O) groups excluding carboxylic acids is 1. The number of rotatable bonds is 2. The minimum atomic E-state index is -0.389. The summed E-state index contributed by atoms with van der Waals surface area (Å²) in [4.78, 5) is 19.2. The van der Waals surface area contributed by atoms with E-state index in [0.717, 1.165) is 0 Å². The fourth-order valence-electron chi connectivity index (χ4n) is 1.28. The van der Waals surface area contributed by atoms with E-state index < -0.39 is 0 Å². The number of amides is 1. The minimum Gasteiger partial charge on any atom is -0.368 e. The number of nitrogens with one attached hydrogen (secondary N) is 1. The third kappa shape index (κ3) is 1.80. The zero-order valence-corrected chi connectivity index (χ0v) is 8.16. The van der Waals surface area contributed by atoms with Gasteiger partial charge in [-0.15, -0.1) is 0 Å². The molecule has 0 atom stereocenters. The molecule has 0 aliphatic carbocycles. The molecule has 0 saturated carbocycles. The first-order valence-corrected chi connectivity index (χ1v) is 4.24. The Kier molecular flexibility index (Phi) is 2.98. The minimum absolute atomic E-state index is 0.174. The van der Waals surface area contributed by atoms with Crippen molar-refractivity contribution >= 4 is 11.9 Å². The largest absolute Gasteiger partial charge is 0.368 e. The molecule has 0 unspecified atom stereocenters. The van der Waals surface area contributed by atoms with Gasteiger partial charge in [-0.1, -0.05) is 6.92 Å². The van der Waals surface area contributed by atoms with Gasteiger partial charge in [0.1, 0.15) is 0 Å². The van der Waals surface area contributed by atoms with Crippen LogP contribution in [0.2, 0.25) is 0 Å². The average Bonchev–Trinajstić information content (AvgIpc) is 2.15. The fraction of sp³-hybridized carbons (Fsp3) is 0.375. The molecular weight excluding hydrogens is 182 g/mol. The molecule has 6 heteroatoms. The molecule has 0 saturated heterocycles. The Labute approximate surface area is 81.7 Å². The maximum absolute atomic E-state index is 11.4. The predicted molar refractivity (Wildman–Crippen MR) is 52.2 cm³/mol. The molecule has 0 fully saturated rings. The molecule has 76 valence electrons. The highest BCUT2D eigenvalue weighted by atomic mass is 16.2. The molecule has 1 rings (SSSR count). The Bertz CT molecular complexity index is 363. The molecule has 0 aliphatic heterocycles. The highest BCUT2D eigenvalue weighted by Crippen LogP contribution is 2.12. The van der Waals surface area contributed by atoms with Crippen molar-refractivity contribution in [2.75, 3.05) is 5.73 Å². The molecule has 0 radical (unpaired) electrons. The van der Waals surface area contributed by atoms with E-state index in [2.05, 4.69) is 15.4 Å². The number of hydrogen-bond acceptors (Lipinski definition) is 5. The molecule has 14 heavy (non-hydrogen) atoms. The number of carbonyl (C=O) groups is 1. The van der Waals surface area contributed by atoms with Gasteiger partial charge in [0.15, 0.2) is 0 Å². The highest BCUT2D eigenvalue weighted by molar-refractivity contribution is 5.95. The van der Waals surface area contributed by atoms with Gasteiger partial charge in [0, 0.05) is 0 Å². The van der Waals surface area contributed by atoms with Gasteiger partial charge in [-0.05, 0) is 13.3 Å². The summed E-state index contributed by atoms with van der Waals surface area (Å²) >= 11 is 0. The van der Waals surface area contributed by atoms with Crippen LogP contribution < -0.4 is 17.0 Å². The summed E-state index contributed by atoms with van der Waals surface area (Å²) in [6.45, 7) is 3.58. The van der Waals surface area contributed by atoms with Crippen LogP contribution in [0, 0.1) is 6.92 Å². The molecule has 0 spiro atoms. The van der Waals surface area contributed by atoms with Crippen molar-refractivity contribution in [1.29, 1.82) is 0 Å². The summed E-state index contributed by atoms with van der Waals surface area (Å²) in [7, 11) is 0. The lowest BCUT2D eigenvalue weighted by Crippen LogP contribution is -2.32. The molecule has 1 heterocycles. The van der Waals surface area contributed by atoms with Gasteiger partial charge in [0.2, 0.25) is 5.95 Å². The number of anilines is 1. The summed E-state index contributed by atoms with van der Waals surface area (Å²) in [5.74, 6) is 4.83. The Hall–Kier alpha value is -1.69. The molecule has 1 aromatic rings. The van der Waals surface area contributed by atoms with Crippen LogP contribution in [-0.4, -0.2) is 15.9 Å². The van der Waals surface area contributed by atoms with Crippen molar-refractivity contribution < 1.29 is 4.79 Å². The second kappa shape index (κ2) is 4.01. The van der Waals surface area contributed by atoms with Gasteiger partial charge >= 0.3 is 0 Å². The Morgan fingerprint density at radius 1 is 1.50 bits per heavy atom. The van der Waals surface area contributed by atoms with Crippen LogP contribution in [-0.2, 0) is 6.42 Å². The maximum atomic E-state index is 11.4. The summed E-state index contributed by atoms with van der Waals surface area (Å²) < 4.78 is 0. The van der Waals surface area contributed by atoms with Crippen LogP contribution in [0.3, 0.4) is 0 Å². The van der Waals surface area contributed by atoms with E-state index in [-0.39, 0.29) is 11.9 Å². The lowest BCUT2D eigenvalue weighted by atomic mass is 10.1. The van der Waals surface area contributed by atoms with E-state index in [1.165, 1.54) is 0 Å². The molecule has 1 aromatic heterocycles. The van der Waals surface area contributed by atoms with Crippen LogP contribution in [0.25, 0.3) is 0 Å². The number of nitrogens with zero attached hydrogens (tertiary/aromatic N) is 2. The number of hydrogen-bond donors (Lipinski definition) is 3. The normalized spacial score (nSPS) is 9.93. The first-order chi connectivity index (χ1) is 6.60. The molecule has 6 nitrogen and oxygen atoms in total. The van der Waals surface area contributed by atoms with Crippen LogP contribution in [0.15, 0.2) is 0 Å². The second-order valence-electron chi connectivity index (χ2n) is 2.82. The third-order valence-electron chi connectivity index (χ3n) is 1.88. The van der Waals surface area contributed by atoms with Crippen molar-refractivity contribution in [3.63, 3.8) is 0 Å². The van der Waals surface area contributed by atoms with Crippen molar-refractivity contribution in [1.82, 2.24) is 15.4 Å². The fourth-order valence-corrected chi connectivity index (χ4v) is 1.28. The molecular formula is C8H13N5O. The van der Waals surface area contributed by atoms with Crippen LogP contribution >= 0.6 is 0 Å². The first-order valence-electron chi connectivity index (χ1n) is 4.24. The van der Waals surface area contributed by atoms with Crippen LogP contribution in [0.1, 0.15) is 28.7 Å². The monoisotopic (exact) mass is 195 g/mol. The van der Waals surface area contributed by atoms with Gasteiger partial charge in [-0.3, -0.25) is 10.2 Å². The highest BCUT2D eigenvalue weighted by Gasteiger charge is 2.15. The van der Waals surface area contributed by atoms with Gasteiger partial charge in [-0.25, -0.2) is 15.8 Å². The molecule has 1 amide bonds. The SMILES string of the molecule is CCc1nc(N)nc(C)c1C(=O)NN. The smallest absolute Gasteiger partial charge is 0.268 e. The number of aromatic nitrogens is 2. The van der Waals surface area contributed by atoms with E-state index in [0.29, 0.717) is 23.4 Å². The van der Waals surface area contributed by atoms with E-state index in [1.54, 1.807) is 6.92 Å². The number of hydrazine groups is 1.